The third kappa shape index (κ3) is 3.18. The molecule has 0 aliphatic heterocycles. The highest BCUT2D eigenvalue weighted by Crippen LogP contribution is 2.28. The van der Waals surface area contributed by atoms with Crippen LogP contribution in [0.3, 0.4) is 0 Å². The Morgan fingerprint density at radius 1 is 1.56 bits per heavy atom. The van der Waals surface area contributed by atoms with E-state index in [9.17, 15) is 4.79 Å². The number of thiophene rings is 1. The van der Waals surface area contributed by atoms with Gasteiger partial charge in [-0.3, -0.25) is 9.69 Å². The van der Waals surface area contributed by atoms with Crippen molar-refractivity contribution in [1.82, 2.24) is 4.90 Å². The Morgan fingerprint density at radius 3 is 2.78 bits per heavy atom. The third-order valence-electron chi connectivity index (χ3n) is 3.26. The smallest absolute Gasteiger partial charge is 0.177 e. The van der Waals surface area contributed by atoms with E-state index < -0.39 is 0 Å². The third-order valence-corrected chi connectivity index (χ3v) is 4.23. The van der Waals surface area contributed by atoms with E-state index in [1.54, 1.807) is 11.3 Å². The summed E-state index contributed by atoms with van der Waals surface area (Å²) in [5.74, 6) is 0.196. The molecule has 0 saturated heterocycles. The van der Waals surface area contributed by atoms with Gasteiger partial charge in [0.05, 0.1) is 12.6 Å². The molecular weight excluding hydrogens is 244 g/mol. The van der Waals surface area contributed by atoms with Crippen LogP contribution in [0.1, 0.15) is 39.4 Å². The first-order valence-corrected chi connectivity index (χ1v) is 7.14. The van der Waals surface area contributed by atoms with Crippen molar-refractivity contribution in [2.24, 2.45) is 0 Å². The van der Waals surface area contributed by atoms with Gasteiger partial charge >= 0.3 is 0 Å². The second-order valence-corrected chi connectivity index (χ2v) is 6.32. The molecule has 2 rings (SSSR count). The highest BCUT2D eigenvalue weighted by molar-refractivity contribution is 7.12. The molecule has 3 nitrogen and oxygen atoms in total. The highest BCUT2D eigenvalue weighted by Gasteiger charge is 2.30. The molecule has 4 heteroatoms. The van der Waals surface area contributed by atoms with Gasteiger partial charge in [-0.05, 0) is 32.8 Å². The molecule has 1 heterocycles. The first-order valence-electron chi connectivity index (χ1n) is 6.33. The molecule has 0 amide bonds. The van der Waals surface area contributed by atoms with Crippen molar-refractivity contribution >= 4 is 17.1 Å². The van der Waals surface area contributed by atoms with Gasteiger partial charge in [0.15, 0.2) is 5.78 Å². The van der Waals surface area contributed by atoms with Gasteiger partial charge in [-0.15, -0.1) is 11.3 Å². The standard InChI is InChI=1S/C14H18N2OS/c1-10-8-13(11(2)18-10)14(17)9-16(7-3-6-15)12-4-5-12/h8,12H,3-5,7,9H2,1-2H3. The van der Waals surface area contributed by atoms with Crippen LogP contribution in [0, 0.1) is 25.2 Å². The van der Waals surface area contributed by atoms with Crippen LogP contribution in [-0.4, -0.2) is 29.8 Å². The summed E-state index contributed by atoms with van der Waals surface area (Å²) in [5, 5.41) is 8.66. The molecule has 0 spiro atoms. The summed E-state index contributed by atoms with van der Waals surface area (Å²) in [6, 6.07) is 4.67. The van der Waals surface area contributed by atoms with E-state index in [1.807, 2.05) is 19.9 Å². The Hall–Kier alpha value is -1.18. The number of aryl methyl sites for hydroxylation is 2. The number of hydrogen-bond donors (Lipinski definition) is 0. The average molecular weight is 262 g/mol. The van der Waals surface area contributed by atoms with E-state index in [1.165, 1.54) is 17.7 Å². The lowest BCUT2D eigenvalue weighted by molar-refractivity contribution is 0.0926. The molecule has 0 aromatic carbocycles. The first-order chi connectivity index (χ1) is 8.61. The number of rotatable bonds is 6. The minimum absolute atomic E-state index is 0.196. The molecule has 0 unspecified atom stereocenters. The summed E-state index contributed by atoms with van der Waals surface area (Å²) in [5.41, 5.74) is 0.861. The van der Waals surface area contributed by atoms with Gasteiger partial charge in [-0.25, -0.2) is 0 Å². The van der Waals surface area contributed by atoms with Crippen LogP contribution in [0.15, 0.2) is 6.07 Å². The van der Waals surface area contributed by atoms with Crippen molar-refractivity contribution < 1.29 is 4.79 Å². The molecule has 1 aromatic rings. The van der Waals surface area contributed by atoms with Crippen LogP contribution in [-0.2, 0) is 0 Å². The number of nitrogens with zero attached hydrogens (tertiary/aromatic N) is 2. The lowest BCUT2D eigenvalue weighted by Gasteiger charge is -2.19. The van der Waals surface area contributed by atoms with Crippen LogP contribution in [0.5, 0.6) is 0 Å². The zero-order valence-corrected chi connectivity index (χ0v) is 11.7. The van der Waals surface area contributed by atoms with E-state index >= 15 is 0 Å². The fourth-order valence-corrected chi connectivity index (χ4v) is 3.14. The molecule has 18 heavy (non-hydrogen) atoms. The second kappa shape index (κ2) is 5.64. The lowest BCUT2D eigenvalue weighted by Crippen LogP contribution is -2.32. The van der Waals surface area contributed by atoms with Crippen molar-refractivity contribution in [2.45, 2.75) is 39.2 Å². The van der Waals surface area contributed by atoms with Gasteiger partial charge in [-0.2, -0.15) is 5.26 Å². The van der Waals surface area contributed by atoms with Crippen molar-refractivity contribution in [3.8, 4) is 6.07 Å². The van der Waals surface area contributed by atoms with E-state index in [-0.39, 0.29) is 5.78 Å². The zero-order valence-electron chi connectivity index (χ0n) is 10.9. The predicted octanol–water partition coefficient (Wildman–Crippen LogP) is 2.93. The summed E-state index contributed by atoms with van der Waals surface area (Å²) in [6.07, 6.45) is 2.84. The Balaban J connectivity index is 2.00. The minimum atomic E-state index is 0.196. The Morgan fingerprint density at radius 2 is 2.28 bits per heavy atom. The first kappa shape index (κ1) is 13.3. The van der Waals surface area contributed by atoms with Crippen LogP contribution in [0.2, 0.25) is 0 Å². The van der Waals surface area contributed by atoms with Crippen molar-refractivity contribution in [1.29, 1.82) is 5.26 Å². The minimum Gasteiger partial charge on any atom is -0.293 e. The SMILES string of the molecule is Cc1cc(C(=O)CN(CCC#N)C2CC2)c(C)s1. The van der Waals surface area contributed by atoms with E-state index in [4.69, 9.17) is 5.26 Å². The molecule has 1 aliphatic carbocycles. The summed E-state index contributed by atoms with van der Waals surface area (Å²) in [4.78, 5) is 16.7. The molecule has 1 aliphatic rings. The number of Topliss-reactive ketones (excluding diaryl/α,β-unsaturated/α-hetero) is 1. The van der Waals surface area contributed by atoms with Gasteiger partial charge in [0.1, 0.15) is 0 Å². The summed E-state index contributed by atoms with van der Waals surface area (Å²) < 4.78 is 0. The summed E-state index contributed by atoms with van der Waals surface area (Å²) in [6.45, 7) is 5.21. The van der Waals surface area contributed by atoms with Crippen LogP contribution >= 0.6 is 11.3 Å². The molecule has 0 atom stereocenters. The van der Waals surface area contributed by atoms with Crippen LogP contribution < -0.4 is 0 Å². The second-order valence-electron chi connectivity index (χ2n) is 4.86. The highest BCUT2D eigenvalue weighted by atomic mass is 32.1. The van der Waals surface area contributed by atoms with Crippen molar-refractivity contribution in [3.05, 3.63) is 21.4 Å². The molecule has 0 N–H and O–H groups in total. The summed E-state index contributed by atoms with van der Waals surface area (Å²) in [7, 11) is 0. The number of ketones is 1. The Bertz CT molecular complexity index is 482. The number of carbonyl (C=O) groups is 1. The van der Waals surface area contributed by atoms with E-state index in [0.717, 1.165) is 17.0 Å². The van der Waals surface area contributed by atoms with Crippen LogP contribution in [0.4, 0.5) is 0 Å². The van der Waals surface area contributed by atoms with Gasteiger partial charge in [0.25, 0.3) is 0 Å². The van der Waals surface area contributed by atoms with Gasteiger partial charge in [0, 0.05) is 34.3 Å². The van der Waals surface area contributed by atoms with Gasteiger partial charge < -0.3 is 0 Å². The Labute approximate surface area is 112 Å². The van der Waals surface area contributed by atoms with Gasteiger partial charge in [-0.1, -0.05) is 0 Å². The molecule has 96 valence electrons. The normalized spacial score (nSPS) is 14.8. The molecular formula is C14H18N2OS. The number of hydrogen-bond acceptors (Lipinski definition) is 4. The van der Waals surface area contributed by atoms with Crippen LogP contribution in [0.25, 0.3) is 0 Å². The van der Waals surface area contributed by atoms with E-state index in [2.05, 4.69) is 11.0 Å². The molecule has 1 fully saturated rings. The quantitative estimate of drug-likeness (QED) is 0.740. The fourth-order valence-electron chi connectivity index (χ4n) is 2.20. The van der Waals surface area contributed by atoms with Crippen molar-refractivity contribution in [2.75, 3.05) is 13.1 Å². The fraction of sp³-hybridized carbons (Fsp3) is 0.571. The Kier molecular flexibility index (Phi) is 4.15. The molecule has 0 radical (unpaired) electrons. The summed E-state index contributed by atoms with van der Waals surface area (Å²) >= 11 is 1.67. The number of carbonyl (C=O) groups excluding carboxylic acids is 1. The zero-order chi connectivity index (χ0) is 13.1. The van der Waals surface area contributed by atoms with Crippen molar-refractivity contribution in [3.63, 3.8) is 0 Å². The maximum atomic E-state index is 12.3. The average Bonchev–Trinajstić information content (AvgIpc) is 3.10. The largest absolute Gasteiger partial charge is 0.293 e. The molecule has 1 saturated carbocycles. The molecule has 0 bridgehead atoms. The number of nitriles is 1. The maximum absolute atomic E-state index is 12.3. The topological polar surface area (TPSA) is 44.1 Å². The molecule has 1 aromatic heterocycles. The monoisotopic (exact) mass is 262 g/mol. The maximum Gasteiger partial charge on any atom is 0.177 e. The van der Waals surface area contributed by atoms with Gasteiger partial charge in [0.2, 0.25) is 0 Å². The van der Waals surface area contributed by atoms with E-state index in [0.29, 0.717) is 19.0 Å². The lowest BCUT2D eigenvalue weighted by atomic mass is 10.1. The predicted molar refractivity (Wildman–Crippen MR) is 72.9 cm³/mol.